The van der Waals surface area contributed by atoms with E-state index in [9.17, 15) is 14.4 Å². The lowest BCUT2D eigenvalue weighted by atomic mass is 10.1. The van der Waals surface area contributed by atoms with Gasteiger partial charge in [0.2, 0.25) is 5.91 Å². The highest BCUT2D eigenvalue weighted by molar-refractivity contribution is 5.91. The first-order valence-corrected chi connectivity index (χ1v) is 6.84. The molecule has 0 heterocycles. The Morgan fingerprint density at radius 3 is 2.36 bits per heavy atom. The maximum absolute atomic E-state index is 11.6. The Labute approximate surface area is 129 Å². The number of rotatable bonds is 7. The van der Waals surface area contributed by atoms with Crippen molar-refractivity contribution in [3.63, 3.8) is 0 Å². The van der Waals surface area contributed by atoms with E-state index in [2.05, 4.69) is 10.1 Å². The van der Waals surface area contributed by atoms with Gasteiger partial charge >= 0.3 is 11.9 Å². The zero-order valence-electron chi connectivity index (χ0n) is 12.6. The van der Waals surface area contributed by atoms with Crippen molar-refractivity contribution in [3.8, 4) is 0 Å². The van der Waals surface area contributed by atoms with Crippen molar-refractivity contribution in [1.29, 1.82) is 0 Å². The zero-order chi connectivity index (χ0) is 16.4. The predicted octanol–water partition coefficient (Wildman–Crippen LogP) is 1.53. The highest BCUT2D eigenvalue weighted by atomic mass is 16.5. The summed E-state index contributed by atoms with van der Waals surface area (Å²) < 4.78 is 9.42. The van der Waals surface area contributed by atoms with Gasteiger partial charge in [-0.1, -0.05) is 37.3 Å². The minimum atomic E-state index is -0.683. The number of methoxy groups -OCH3 is 1. The molecule has 6 heteroatoms. The second-order valence-corrected chi connectivity index (χ2v) is 4.37. The van der Waals surface area contributed by atoms with Gasteiger partial charge in [0.1, 0.15) is 6.61 Å². The smallest absolute Gasteiger partial charge is 0.331 e. The first-order valence-electron chi connectivity index (χ1n) is 6.84. The van der Waals surface area contributed by atoms with Crippen LogP contribution in [0.3, 0.4) is 0 Å². The van der Waals surface area contributed by atoms with Gasteiger partial charge in [-0.25, -0.2) is 9.59 Å². The molecule has 1 N–H and O–H groups in total. The maximum atomic E-state index is 11.6. The molecule has 0 fully saturated rings. The molecule has 1 aromatic rings. The van der Waals surface area contributed by atoms with E-state index >= 15 is 0 Å². The van der Waals surface area contributed by atoms with Gasteiger partial charge in [0.05, 0.1) is 13.2 Å². The molecule has 0 saturated carbocycles. The second-order valence-electron chi connectivity index (χ2n) is 4.37. The SMILES string of the molecule is CCC(=O)N[C@H](COC(=O)/C=C/C(=O)OC)c1ccccc1. The molecular weight excluding hydrogens is 286 g/mol. The Kier molecular flexibility index (Phi) is 7.39. The van der Waals surface area contributed by atoms with Crippen molar-refractivity contribution in [2.75, 3.05) is 13.7 Å². The lowest BCUT2D eigenvalue weighted by Gasteiger charge is -2.18. The number of carbonyl (C=O) groups is 3. The van der Waals surface area contributed by atoms with Crippen molar-refractivity contribution in [1.82, 2.24) is 5.32 Å². The number of hydrogen-bond acceptors (Lipinski definition) is 5. The largest absolute Gasteiger partial charge is 0.466 e. The Morgan fingerprint density at radius 1 is 1.14 bits per heavy atom. The van der Waals surface area contributed by atoms with E-state index in [1.807, 2.05) is 30.3 Å². The van der Waals surface area contributed by atoms with E-state index in [0.717, 1.165) is 17.7 Å². The summed E-state index contributed by atoms with van der Waals surface area (Å²) in [5.41, 5.74) is 0.828. The Balaban J connectivity index is 2.65. The quantitative estimate of drug-likeness (QED) is 0.610. The van der Waals surface area contributed by atoms with Gasteiger partial charge < -0.3 is 14.8 Å². The fourth-order valence-corrected chi connectivity index (χ4v) is 1.62. The van der Waals surface area contributed by atoms with Crippen LogP contribution >= 0.6 is 0 Å². The van der Waals surface area contributed by atoms with Gasteiger partial charge in [-0.3, -0.25) is 4.79 Å². The predicted molar refractivity (Wildman–Crippen MR) is 79.7 cm³/mol. The second kappa shape index (κ2) is 9.33. The molecule has 1 rings (SSSR count). The standard InChI is InChI=1S/C16H19NO5/c1-3-14(18)17-13(12-7-5-4-6-8-12)11-22-16(20)10-9-15(19)21-2/h4-10,13H,3,11H2,1-2H3,(H,17,18)/b10-9+/t13-/m1/s1. The van der Waals surface area contributed by atoms with E-state index < -0.39 is 18.0 Å². The molecule has 0 aromatic heterocycles. The third-order valence-corrected chi connectivity index (χ3v) is 2.81. The van der Waals surface area contributed by atoms with Gasteiger partial charge in [0, 0.05) is 18.6 Å². The van der Waals surface area contributed by atoms with E-state index in [1.165, 1.54) is 7.11 Å². The van der Waals surface area contributed by atoms with Crippen LogP contribution in [0.15, 0.2) is 42.5 Å². The number of amides is 1. The summed E-state index contributed by atoms with van der Waals surface area (Å²) in [5, 5.41) is 2.78. The van der Waals surface area contributed by atoms with E-state index in [4.69, 9.17) is 4.74 Å². The summed E-state index contributed by atoms with van der Waals surface area (Å²) in [6, 6.07) is 8.74. The van der Waals surface area contributed by atoms with Crippen molar-refractivity contribution in [3.05, 3.63) is 48.0 Å². The summed E-state index contributed by atoms with van der Waals surface area (Å²) in [4.78, 5) is 34.0. The van der Waals surface area contributed by atoms with Gasteiger partial charge in [-0.15, -0.1) is 0 Å². The molecule has 0 saturated heterocycles. The lowest BCUT2D eigenvalue weighted by Crippen LogP contribution is -2.31. The third-order valence-electron chi connectivity index (χ3n) is 2.81. The van der Waals surface area contributed by atoms with Crippen LogP contribution in [0.1, 0.15) is 24.9 Å². The summed E-state index contributed by atoms with van der Waals surface area (Å²) in [6.07, 6.45) is 2.29. The van der Waals surface area contributed by atoms with Crippen molar-refractivity contribution < 1.29 is 23.9 Å². The summed E-state index contributed by atoms with van der Waals surface area (Å²) >= 11 is 0. The van der Waals surface area contributed by atoms with Crippen LogP contribution < -0.4 is 5.32 Å². The summed E-state index contributed by atoms with van der Waals surface area (Å²) in [5.74, 6) is -1.47. The molecule has 6 nitrogen and oxygen atoms in total. The van der Waals surface area contributed by atoms with Gasteiger partial charge in [0.25, 0.3) is 0 Å². The number of benzene rings is 1. The van der Waals surface area contributed by atoms with Crippen LogP contribution in [0, 0.1) is 0 Å². The van der Waals surface area contributed by atoms with Gasteiger partial charge in [0.15, 0.2) is 0 Å². The van der Waals surface area contributed by atoms with Crippen molar-refractivity contribution >= 4 is 17.8 Å². The highest BCUT2D eigenvalue weighted by Gasteiger charge is 2.15. The van der Waals surface area contributed by atoms with Crippen LogP contribution in [0.4, 0.5) is 0 Å². The van der Waals surface area contributed by atoms with Gasteiger partial charge in [-0.05, 0) is 5.56 Å². The maximum Gasteiger partial charge on any atom is 0.331 e. The molecular formula is C16H19NO5. The molecule has 0 aliphatic rings. The molecule has 118 valence electrons. The first kappa shape index (κ1) is 17.4. The molecule has 0 unspecified atom stereocenters. The average molecular weight is 305 g/mol. The molecule has 0 bridgehead atoms. The fraction of sp³-hybridized carbons (Fsp3) is 0.312. The topological polar surface area (TPSA) is 81.7 Å². The molecule has 1 atom stereocenters. The molecule has 0 radical (unpaired) electrons. The van der Waals surface area contributed by atoms with Crippen molar-refractivity contribution in [2.24, 2.45) is 0 Å². The highest BCUT2D eigenvalue weighted by Crippen LogP contribution is 2.13. The molecule has 1 aromatic carbocycles. The lowest BCUT2D eigenvalue weighted by molar-refractivity contribution is -0.140. The Hall–Kier alpha value is -2.63. The molecule has 1 amide bonds. The summed E-state index contributed by atoms with van der Waals surface area (Å²) in [7, 11) is 1.21. The van der Waals surface area contributed by atoms with Crippen LogP contribution in [-0.4, -0.2) is 31.6 Å². The number of carbonyl (C=O) groups excluding carboxylic acids is 3. The molecule has 0 aliphatic heterocycles. The number of nitrogens with one attached hydrogen (secondary N) is 1. The van der Waals surface area contributed by atoms with E-state index in [1.54, 1.807) is 6.92 Å². The van der Waals surface area contributed by atoms with E-state index in [-0.39, 0.29) is 12.5 Å². The first-order chi connectivity index (χ1) is 10.6. The monoisotopic (exact) mass is 305 g/mol. The van der Waals surface area contributed by atoms with Gasteiger partial charge in [-0.2, -0.15) is 0 Å². The third kappa shape index (κ3) is 6.21. The van der Waals surface area contributed by atoms with Crippen LogP contribution in [-0.2, 0) is 23.9 Å². The average Bonchev–Trinajstić information content (AvgIpc) is 2.56. The fourth-order valence-electron chi connectivity index (χ4n) is 1.62. The normalized spacial score (nSPS) is 11.7. The zero-order valence-corrected chi connectivity index (χ0v) is 12.6. The summed E-state index contributed by atoms with van der Waals surface area (Å²) in [6.45, 7) is 1.71. The van der Waals surface area contributed by atoms with Crippen LogP contribution in [0.2, 0.25) is 0 Å². The number of ether oxygens (including phenoxy) is 2. The molecule has 0 spiro atoms. The van der Waals surface area contributed by atoms with Crippen molar-refractivity contribution in [2.45, 2.75) is 19.4 Å². The Morgan fingerprint density at radius 2 is 1.77 bits per heavy atom. The Bertz CT molecular complexity index is 539. The minimum absolute atomic E-state index is 0.0277. The molecule has 22 heavy (non-hydrogen) atoms. The van der Waals surface area contributed by atoms with E-state index in [0.29, 0.717) is 6.42 Å². The number of esters is 2. The van der Waals surface area contributed by atoms with Crippen LogP contribution in [0.25, 0.3) is 0 Å². The van der Waals surface area contributed by atoms with Crippen LogP contribution in [0.5, 0.6) is 0 Å². The molecule has 0 aliphatic carbocycles. The number of hydrogen-bond donors (Lipinski definition) is 1. The minimum Gasteiger partial charge on any atom is -0.466 e.